The van der Waals surface area contributed by atoms with E-state index in [1.807, 2.05) is 24.3 Å². The molecule has 0 aromatic heterocycles. The lowest BCUT2D eigenvalue weighted by Crippen LogP contribution is -2.31. The Bertz CT molecular complexity index is 350. The third kappa shape index (κ3) is 2.26. The summed E-state index contributed by atoms with van der Waals surface area (Å²) < 4.78 is 0. The second-order valence-corrected chi connectivity index (χ2v) is 4.70. The maximum Gasteiger partial charge on any atom is 0.304 e. The largest absolute Gasteiger partial charge is 0.481 e. The number of carbonyl (C=O) groups is 1. The smallest absolute Gasteiger partial charge is 0.304 e. The van der Waals surface area contributed by atoms with Crippen molar-refractivity contribution in [2.45, 2.75) is 43.9 Å². The third-order valence-electron chi connectivity index (χ3n) is 3.63. The molecule has 0 heterocycles. The topological polar surface area (TPSA) is 37.3 Å². The van der Waals surface area contributed by atoms with Crippen molar-refractivity contribution in [2.24, 2.45) is 0 Å². The first-order valence-electron chi connectivity index (χ1n) is 5.91. The molecule has 1 aromatic carbocycles. The standard InChI is InChI=1S/C14H17O2/c15-13(16)11-14(9-5-2-6-10-14)12-7-3-1-4-8-12/h3-4,7-8H,2,5-6,9-11H2,(H,15,16). The summed E-state index contributed by atoms with van der Waals surface area (Å²) in [6, 6.07) is 10.8. The first-order chi connectivity index (χ1) is 7.73. The zero-order valence-electron chi connectivity index (χ0n) is 9.41. The summed E-state index contributed by atoms with van der Waals surface area (Å²) in [5, 5.41) is 9.08. The molecule has 1 N–H and O–H groups in total. The molecule has 2 heteroatoms. The maximum atomic E-state index is 11.0. The van der Waals surface area contributed by atoms with E-state index in [-0.39, 0.29) is 11.8 Å². The van der Waals surface area contributed by atoms with Crippen molar-refractivity contribution in [3.05, 3.63) is 35.9 Å². The number of hydrogen-bond donors (Lipinski definition) is 1. The lowest BCUT2D eigenvalue weighted by Gasteiger charge is -2.36. The van der Waals surface area contributed by atoms with E-state index in [9.17, 15) is 4.79 Å². The van der Waals surface area contributed by atoms with Gasteiger partial charge in [-0.1, -0.05) is 43.5 Å². The van der Waals surface area contributed by atoms with Gasteiger partial charge in [0.15, 0.2) is 0 Å². The number of aliphatic carboxylic acids is 1. The van der Waals surface area contributed by atoms with Crippen LogP contribution in [0.4, 0.5) is 0 Å². The highest BCUT2D eigenvalue weighted by Gasteiger charge is 2.35. The van der Waals surface area contributed by atoms with Crippen LogP contribution < -0.4 is 0 Å². The second-order valence-electron chi connectivity index (χ2n) is 4.70. The Hall–Kier alpha value is -1.31. The quantitative estimate of drug-likeness (QED) is 0.844. The molecule has 0 saturated heterocycles. The highest BCUT2D eigenvalue weighted by atomic mass is 16.4. The average Bonchev–Trinajstić information content (AvgIpc) is 2.30. The van der Waals surface area contributed by atoms with Crippen molar-refractivity contribution in [3.8, 4) is 0 Å². The van der Waals surface area contributed by atoms with Crippen LogP contribution in [0.15, 0.2) is 24.3 Å². The predicted octanol–water partition coefficient (Wildman–Crippen LogP) is 3.16. The SMILES string of the molecule is O=C(O)CC1(c2cc[c]cc2)CCCCC1. The summed E-state index contributed by atoms with van der Waals surface area (Å²) >= 11 is 0. The fraction of sp³-hybridized carbons (Fsp3) is 0.500. The monoisotopic (exact) mass is 217 g/mol. The van der Waals surface area contributed by atoms with Crippen LogP contribution in [0.25, 0.3) is 0 Å². The van der Waals surface area contributed by atoms with Gasteiger partial charge in [0.1, 0.15) is 0 Å². The molecule has 2 rings (SSSR count). The lowest BCUT2D eigenvalue weighted by molar-refractivity contribution is -0.138. The first kappa shape index (κ1) is 11.2. The van der Waals surface area contributed by atoms with Crippen molar-refractivity contribution in [3.63, 3.8) is 0 Å². The van der Waals surface area contributed by atoms with Crippen LogP contribution >= 0.6 is 0 Å². The minimum Gasteiger partial charge on any atom is -0.481 e. The molecule has 2 nitrogen and oxygen atoms in total. The molecule has 1 saturated carbocycles. The summed E-state index contributed by atoms with van der Waals surface area (Å²) in [6.07, 6.45) is 5.79. The number of carboxylic acid groups (broad SMARTS) is 1. The minimum atomic E-state index is -0.685. The predicted molar refractivity (Wildman–Crippen MR) is 62.3 cm³/mol. The highest BCUT2D eigenvalue weighted by Crippen LogP contribution is 2.41. The Morgan fingerprint density at radius 3 is 2.44 bits per heavy atom. The van der Waals surface area contributed by atoms with Crippen molar-refractivity contribution >= 4 is 5.97 Å². The fourth-order valence-corrected chi connectivity index (χ4v) is 2.83. The Morgan fingerprint density at radius 1 is 1.25 bits per heavy atom. The molecule has 1 radical (unpaired) electrons. The van der Waals surface area contributed by atoms with Crippen LogP contribution in [0.5, 0.6) is 0 Å². The van der Waals surface area contributed by atoms with Crippen LogP contribution in [0, 0.1) is 6.07 Å². The molecule has 0 aliphatic heterocycles. The molecule has 0 amide bonds. The van der Waals surface area contributed by atoms with Crippen LogP contribution in [0.1, 0.15) is 44.1 Å². The molecule has 0 atom stereocenters. The Kier molecular flexibility index (Phi) is 3.28. The van der Waals surface area contributed by atoms with Gasteiger partial charge in [-0.2, -0.15) is 0 Å². The van der Waals surface area contributed by atoms with Gasteiger partial charge in [-0.05, 0) is 24.5 Å². The molecular formula is C14H17O2. The summed E-state index contributed by atoms with van der Waals surface area (Å²) in [5.41, 5.74) is 1.05. The van der Waals surface area contributed by atoms with Gasteiger partial charge in [0.05, 0.1) is 6.42 Å². The number of hydrogen-bond acceptors (Lipinski definition) is 1. The molecule has 1 aliphatic rings. The number of rotatable bonds is 3. The molecule has 85 valence electrons. The van der Waals surface area contributed by atoms with Gasteiger partial charge in [0, 0.05) is 5.41 Å². The molecule has 1 aromatic rings. The Balaban J connectivity index is 2.29. The van der Waals surface area contributed by atoms with E-state index in [1.54, 1.807) is 0 Å². The minimum absolute atomic E-state index is 0.126. The lowest BCUT2D eigenvalue weighted by atomic mass is 9.67. The molecule has 1 aliphatic carbocycles. The number of benzene rings is 1. The summed E-state index contributed by atoms with van der Waals surface area (Å²) in [5.74, 6) is -0.685. The second kappa shape index (κ2) is 4.69. The van der Waals surface area contributed by atoms with E-state index < -0.39 is 5.97 Å². The number of carboxylic acids is 1. The van der Waals surface area contributed by atoms with E-state index in [4.69, 9.17) is 5.11 Å². The highest BCUT2D eigenvalue weighted by molar-refractivity contribution is 5.69. The molecule has 1 fully saturated rings. The van der Waals surface area contributed by atoms with Gasteiger partial charge >= 0.3 is 5.97 Å². The fourth-order valence-electron chi connectivity index (χ4n) is 2.83. The van der Waals surface area contributed by atoms with E-state index in [1.165, 1.54) is 12.0 Å². The van der Waals surface area contributed by atoms with Crippen LogP contribution in [-0.4, -0.2) is 11.1 Å². The zero-order chi connectivity index (χ0) is 11.4. The van der Waals surface area contributed by atoms with Crippen molar-refractivity contribution in [2.75, 3.05) is 0 Å². The molecule has 0 unspecified atom stereocenters. The molecule has 0 spiro atoms. The van der Waals surface area contributed by atoms with Gasteiger partial charge in [-0.3, -0.25) is 4.79 Å². The van der Waals surface area contributed by atoms with Gasteiger partial charge < -0.3 is 5.11 Å². The van der Waals surface area contributed by atoms with Crippen molar-refractivity contribution < 1.29 is 9.90 Å². The first-order valence-corrected chi connectivity index (χ1v) is 5.91. The van der Waals surface area contributed by atoms with Gasteiger partial charge in [0.25, 0.3) is 0 Å². The molecular weight excluding hydrogens is 200 g/mol. The van der Waals surface area contributed by atoms with E-state index >= 15 is 0 Å². The zero-order valence-corrected chi connectivity index (χ0v) is 9.41. The maximum absolute atomic E-state index is 11.0. The van der Waals surface area contributed by atoms with Crippen LogP contribution in [0.2, 0.25) is 0 Å². The Labute approximate surface area is 96.3 Å². The van der Waals surface area contributed by atoms with E-state index in [2.05, 4.69) is 6.07 Å². The average molecular weight is 217 g/mol. The molecule has 0 bridgehead atoms. The van der Waals surface area contributed by atoms with Crippen LogP contribution in [-0.2, 0) is 10.2 Å². The summed E-state index contributed by atoms with van der Waals surface area (Å²) in [7, 11) is 0. The van der Waals surface area contributed by atoms with Crippen molar-refractivity contribution in [1.29, 1.82) is 0 Å². The summed E-state index contributed by atoms with van der Waals surface area (Å²) in [6.45, 7) is 0. The van der Waals surface area contributed by atoms with Crippen LogP contribution in [0.3, 0.4) is 0 Å². The normalized spacial score (nSPS) is 19.2. The van der Waals surface area contributed by atoms with Crippen molar-refractivity contribution in [1.82, 2.24) is 0 Å². The Morgan fingerprint density at radius 2 is 1.88 bits per heavy atom. The van der Waals surface area contributed by atoms with Gasteiger partial charge in [0.2, 0.25) is 0 Å². The van der Waals surface area contributed by atoms with E-state index in [0.717, 1.165) is 25.7 Å². The third-order valence-corrected chi connectivity index (χ3v) is 3.63. The van der Waals surface area contributed by atoms with Gasteiger partial charge in [-0.15, -0.1) is 0 Å². The summed E-state index contributed by atoms with van der Waals surface area (Å²) in [4.78, 5) is 11.0. The molecule has 16 heavy (non-hydrogen) atoms. The van der Waals surface area contributed by atoms with Gasteiger partial charge in [-0.25, -0.2) is 0 Å². The van der Waals surface area contributed by atoms with E-state index in [0.29, 0.717) is 0 Å².